The molecular formula is C22H25ClN2O. The van der Waals surface area contributed by atoms with Crippen LogP contribution in [-0.2, 0) is 25.9 Å². The molecule has 1 aliphatic rings. The van der Waals surface area contributed by atoms with E-state index in [1.807, 2.05) is 30.3 Å². The minimum absolute atomic E-state index is 0.448. The summed E-state index contributed by atoms with van der Waals surface area (Å²) in [6.45, 7) is 1.91. The van der Waals surface area contributed by atoms with E-state index in [-0.39, 0.29) is 0 Å². The number of aromatic nitrogens is 1. The number of nitrogens with one attached hydrogen (secondary N) is 1. The zero-order valence-corrected chi connectivity index (χ0v) is 15.7. The molecule has 0 radical (unpaired) electrons. The molecule has 0 saturated heterocycles. The van der Waals surface area contributed by atoms with Gasteiger partial charge in [0.05, 0.1) is 23.2 Å². The van der Waals surface area contributed by atoms with Crippen molar-refractivity contribution in [3.8, 4) is 0 Å². The third kappa shape index (κ3) is 3.52. The van der Waals surface area contributed by atoms with Crippen LogP contribution in [0.5, 0.6) is 0 Å². The Hall–Kier alpha value is -1.81. The summed E-state index contributed by atoms with van der Waals surface area (Å²) in [5, 5.41) is 16.0. The lowest BCUT2D eigenvalue weighted by molar-refractivity contribution is 0.151. The van der Waals surface area contributed by atoms with Gasteiger partial charge in [0.2, 0.25) is 0 Å². The second-order valence-electron chi connectivity index (χ2n) is 7.15. The molecule has 2 N–H and O–H groups in total. The van der Waals surface area contributed by atoms with Gasteiger partial charge in [-0.1, -0.05) is 54.1 Å². The van der Waals surface area contributed by atoms with Crippen LogP contribution in [0.1, 0.15) is 29.7 Å². The molecule has 0 fully saturated rings. The minimum Gasteiger partial charge on any atom is -0.390 e. The highest BCUT2D eigenvalue weighted by Crippen LogP contribution is 2.35. The molecule has 0 saturated carbocycles. The fourth-order valence-corrected chi connectivity index (χ4v) is 4.38. The summed E-state index contributed by atoms with van der Waals surface area (Å²) in [6.07, 6.45) is 4.19. The van der Waals surface area contributed by atoms with Gasteiger partial charge in [-0.3, -0.25) is 0 Å². The molecule has 0 bridgehead atoms. The van der Waals surface area contributed by atoms with Crippen molar-refractivity contribution >= 4 is 22.5 Å². The van der Waals surface area contributed by atoms with E-state index in [1.165, 1.54) is 35.0 Å². The number of para-hydroxylation sites is 1. The molecule has 136 valence electrons. The Bertz CT molecular complexity index is 888. The number of hydrogen-bond donors (Lipinski definition) is 2. The molecule has 1 atom stereocenters. The molecule has 0 spiro atoms. The average molecular weight is 369 g/mol. The van der Waals surface area contributed by atoms with Gasteiger partial charge in [-0.05, 0) is 42.9 Å². The van der Waals surface area contributed by atoms with Gasteiger partial charge in [0.15, 0.2) is 0 Å². The van der Waals surface area contributed by atoms with Crippen molar-refractivity contribution in [3.05, 3.63) is 70.4 Å². The van der Waals surface area contributed by atoms with E-state index in [0.29, 0.717) is 13.1 Å². The Labute approximate surface area is 159 Å². The largest absolute Gasteiger partial charge is 0.390 e. The third-order valence-corrected chi connectivity index (χ3v) is 5.60. The topological polar surface area (TPSA) is 37.2 Å². The number of aryl methyl sites for hydroxylation is 1. The molecule has 3 aromatic rings. The summed E-state index contributed by atoms with van der Waals surface area (Å²) in [7, 11) is 0. The first kappa shape index (κ1) is 17.6. The minimum atomic E-state index is -0.448. The zero-order chi connectivity index (χ0) is 17.9. The molecule has 3 nitrogen and oxygen atoms in total. The summed E-state index contributed by atoms with van der Waals surface area (Å²) in [6, 6.07) is 16.4. The van der Waals surface area contributed by atoms with Crippen LogP contribution in [0.2, 0.25) is 5.02 Å². The first-order valence-corrected chi connectivity index (χ1v) is 9.83. The predicted octanol–water partition coefficient (Wildman–Crippen LogP) is 4.32. The monoisotopic (exact) mass is 368 g/mol. The fourth-order valence-electron chi connectivity index (χ4n) is 4.10. The number of nitrogens with zero attached hydrogens (tertiary/aromatic N) is 1. The Balaban J connectivity index is 1.51. The SMILES string of the molecule is O[C@H](CNCc1ccccc1)Cn1c2c(c3cccc(Cl)c31)CCCC2. The average Bonchev–Trinajstić information content (AvgIpc) is 2.98. The van der Waals surface area contributed by atoms with E-state index in [1.54, 1.807) is 0 Å². The fraction of sp³-hybridized carbons (Fsp3) is 0.364. The lowest BCUT2D eigenvalue weighted by Crippen LogP contribution is -2.30. The van der Waals surface area contributed by atoms with Crippen LogP contribution in [0.15, 0.2) is 48.5 Å². The van der Waals surface area contributed by atoms with E-state index in [0.717, 1.165) is 29.9 Å². The third-order valence-electron chi connectivity index (χ3n) is 5.29. The summed E-state index contributed by atoms with van der Waals surface area (Å²) in [4.78, 5) is 0. The normalized spacial score (nSPS) is 15.2. The van der Waals surface area contributed by atoms with Crippen LogP contribution in [0.25, 0.3) is 10.9 Å². The van der Waals surface area contributed by atoms with Gasteiger partial charge in [-0.2, -0.15) is 0 Å². The molecule has 4 rings (SSSR count). The lowest BCUT2D eigenvalue weighted by Gasteiger charge is -2.19. The summed E-state index contributed by atoms with van der Waals surface area (Å²) in [5.41, 5.74) is 5.11. The summed E-state index contributed by atoms with van der Waals surface area (Å²) in [5.74, 6) is 0. The maximum Gasteiger partial charge on any atom is 0.0843 e. The van der Waals surface area contributed by atoms with Gasteiger partial charge in [-0.25, -0.2) is 0 Å². The molecule has 0 amide bonds. The molecule has 0 unspecified atom stereocenters. The van der Waals surface area contributed by atoms with Gasteiger partial charge >= 0.3 is 0 Å². The van der Waals surface area contributed by atoms with Crippen LogP contribution < -0.4 is 5.32 Å². The first-order chi connectivity index (χ1) is 12.7. The van der Waals surface area contributed by atoms with Crippen LogP contribution in [0.4, 0.5) is 0 Å². The number of fused-ring (bicyclic) bond motifs is 3. The number of benzene rings is 2. The van der Waals surface area contributed by atoms with Crippen molar-refractivity contribution in [3.63, 3.8) is 0 Å². The van der Waals surface area contributed by atoms with Gasteiger partial charge in [0.1, 0.15) is 0 Å². The van der Waals surface area contributed by atoms with Crippen molar-refractivity contribution in [2.75, 3.05) is 6.54 Å². The quantitative estimate of drug-likeness (QED) is 0.679. The predicted molar refractivity (Wildman–Crippen MR) is 108 cm³/mol. The van der Waals surface area contributed by atoms with Crippen LogP contribution in [0, 0.1) is 0 Å². The maximum absolute atomic E-state index is 10.6. The molecule has 1 heterocycles. The van der Waals surface area contributed by atoms with Gasteiger partial charge in [-0.15, -0.1) is 0 Å². The number of aliphatic hydroxyl groups excluding tert-OH is 1. The first-order valence-electron chi connectivity index (χ1n) is 9.45. The molecule has 2 aromatic carbocycles. The molecule has 4 heteroatoms. The number of halogens is 1. The van der Waals surface area contributed by atoms with E-state index in [2.05, 4.69) is 28.1 Å². The molecule has 1 aromatic heterocycles. The second kappa shape index (κ2) is 7.83. The van der Waals surface area contributed by atoms with Crippen molar-refractivity contribution in [2.24, 2.45) is 0 Å². The Morgan fingerprint density at radius 3 is 2.69 bits per heavy atom. The zero-order valence-electron chi connectivity index (χ0n) is 14.9. The number of rotatable bonds is 6. The smallest absolute Gasteiger partial charge is 0.0843 e. The van der Waals surface area contributed by atoms with Crippen LogP contribution in [-0.4, -0.2) is 22.3 Å². The highest BCUT2D eigenvalue weighted by Gasteiger charge is 2.22. The summed E-state index contributed by atoms with van der Waals surface area (Å²) >= 11 is 6.53. The van der Waals surface area contributed by atoms with Crippen LogP contribution >= 0.6 is 11.6 Å². The highest BCUT2D eigenvalue weighted by molar-refractivity contribution is 6.35. The van der Waals surface area contributed by atoms with E-state index in [4.69, 9.17) is 11.6 Å². The number of hydrogen-bond acceptors (Lipinski definition) is 2. The Morgan fingerprint density at radius 2 is 1.85 bits per heavy atom. The standard InChI is InChI=1S/C22H25ClN2O/c23-20-11-6-10-19-18-9-4-5-12-21(18)25(22(19)20)15-17(26)14-24-13-16-7-2-1-3-8-16/h1-3,6-8,10-11,17,24,26H,4-5,9,12-15H2/t17-/m1/s1. The molecule has 0 aliphatic heterocycles. The van der Waals surface area contributed by atoms with E-state index < -0.39 is 6.10 Å². The maximum atomic E-state index is 10.6. The van der Waals surface area contributed by atoms with Crippen molar-refractivity contribution < 1.29 is 5.11 Å². The Morgan fingerprint density at radius 1 is 1.04 bits per heavy atom. The molecule has 26 heavy (non-hydrogen) atoms. The Kier molecular flexibility index (Phi) is 5.30. The number of aliphatic hydroxyl groups is 1. The van der Waals surface area contributed by atoms with Gasteiger partial charge < -0.3 is 15.0 Å². The van der Waals surface area contributed by atoms with Crippen molar-refractivity contribution in [2.45, 2.75) is 44.9 Å². The summed E-state index contributed by atoms with van der Waals surface area (Å²) < 4.78 is 2.26. The van der Waals surface area contributed by atoms with E-state index in [9.17, 15) is 5.11 Å². The van der Waals surface area contributed by atoms with Gasteiger partial charge in [0, 0.05) is 24.2 Å². The second-order valence-corrected chi connectivity index (χ2v) is 7.56. The van der Waals surface area contributed by atoms with Gasteiger partial charge in [0.25, 0.3) is 0 Å². The van der Waals surface area contributed by atoms with Crippen molar-refractivity contribution in [1.82, 2.24) is 9.88 Å². The lowest BCUT2D eigenvalue weighted by atomic mass is 9.95. The van der Waals surface area contributed by atoms with Crippen LogP contribution in [0.3, 0.4) is 0 Å². The van der Waals surface area contributed by atoms with E-state index >= 15 is 0 Å². The highest BCUT2D eigenvalue weighted by atomic mass is 35.5. The molecular weight excluding hydrogens is 344 g/mol. The molecule has 1 aliphatic carbocycles. The van der Waals surface area contributed by atoms with Crippen molar-refractivity contribution in [1.29, 1.82) is 0 Å².